The number of anilines is 2. The van der Waals surface area contributed by atoms with Crippen LogP contribution in [-0.2, 0) is 13.6 Å². The third kappa shape index (κ3) is 2.72. The van der Waals surface area contributed by atoms with Gasteiger partial charge >= 0.3 is 0 Å². The minimum atomic E-state index is 0.625. The van der Waals surface area contributed by atoms with Crippen LogP contribution in [0.25, 0.3) is 0 Å². The molecule has 0 spiro atoms. The van der Waals surface area contributed by atoms with Gasteiger partial charge in [0, 0.05) is 45.6 Å². The summed E-state index contributed by atoms with van der Waals surface area (Å²) < 4.78 is 1.79. The normalized spacial score (nSPS) is 10.3. The third-order valence-electron chi connectivity index (χ3n) is 2.43. The summed E-state index contributed by atoms with van der Waals surface area (Å²) in [5, 5.41) is 7.07. The highest BCUT2D eigenvalue weighted by Crippen LogP contribution is 2.13. The molecule has 6 nitrogen and oxygen atoms in total. The van der Waals surface area contributed by atoms with E-state index in [1.807, 2.05) is 32.6 Å². The molecule has 2 heterocycles. The van der Waals surface area contributed by atoms with Gasteiger partial charge in [0.1, 0.15) is 5.82 Å². The lowest BCUT2D eigenvalue weighted by atomic mass is 10.3. The van der Waals surface area contributed by atoms with Gasteiger partial charge in [-0.1, -0.05) is 0 Å². The molecule has 0 aliphatic heterocycles. The van der Waals surface area contributed by atoms with Crippen molar-refractivity contribution in [3.63, 3.8) is 0 Å². The maximum atomic E-state index is 4.37. The Kier molecular flexibility index (Phi) is 3.22. The summed E-state index contributed by atoms with van der Waals surface area (Å²) in [6.45, 7) is 0.772. The lowest BCUT2D eigenvalue weighted by Crippen LogP contribution is -2.18. The zero-order valence-corrected chi connectivity index (χ0v) is 10.3. The van der Waals surface area contributed by atoms with Crippen LogP contribution in [0.5, 0.6) is 0 Å². The van der Waals surface area contributed by atoms with Crippen LogP contribution in [0.4, 0.5) is 11.8 Å². The molecule has 0 fully saturated rings. The number of hydrogen-bond donors (Lipinski definition) is 1. The first kappa shape index (κ1) is 11.4. The van der Waals surface area contributed by atoms with Crippen molar-refractivity contribution in [2.45, 2.75) is 6.54 Å². The predicted molar refractivity (Wildman–Crippen MR) is 66.9 cm³/mol. The Morgan fingerprint density at radius 3 is 2.94 bits per heavy atom. The van der Waals surface area contributed by atoms with Crippen molar-refractivity contribution in [2.24, 2.45) is 7.05 Å². The van der Waals surface area contributed by atoms with Crippen molar-refractivity contribution in [3.8, 4) is 0 Å². The van der Waals surface area contributed by atoms with E-state index in [0.29, 0.717) is 5.95 Å². The number of aromatic nitrogens is 4. The number of hydrogen-bond acceptors (Lipinski definition) is 5. The molecule has 0 amide bonds. The van der Waals surface area contributed by atoms with Gasteiger partial charge in [-0.15, -0.1) is 0 Å². The highest BCUT2D eigenvalue weighted by Gasteiger charge is 2.05. The maximum Gasteiger partial charge on any atom is 0.224 e. The molecular weight excluding hydrogens is 216 g/mol. The number of nitrogens with zero attached hydrogens (tertiary/aromatic N) is 5. The van der Waals surface area contributed by atoms with E-state index in [1.165, 1.54) is 0 Å². The van der Waals surface area contributed by atoms with Crippen LogP contribution in [0.2, 0.25) is 0 Å². The van der Waals surface area contributed by atoms with Gasteiger partial charge < -0.3 is 10.2 Å². The molecule has 0 saturated heterocycles. The van der Waals surface area contributed by atoms with Gasteiger partial charge in [0.15, 0.2) is 0 Å². The standard InChI is InChI=1S/C11H16N6/c1-12-11-13-5-4-10(15-11)16(2)7-9-6-14-17(3)8-9/h4-6,8H,7H2,1-3H3,(H,12,13,15). The van der Waals surface area contributed by atoms with Crippen molar-refractivity contribution in [1.29, 1.82) is 0 Å². The van der Waals surface area contributed by atoms with Gasteiger partial charge in [-0.2, -0.15) is 10.1 Å². The second kappa shape index (κ2) is 4.82. The van der Waals surface area contributed by atoms with Gasteiger partial charge in [-0.3, -0.25) is 4.68 Å². The molecule has 6 heteroatoms. The number of rotatable bonds is 4. The molecular formula is C11H16N6. The van der Waals surface area contributed by atoms with Crippen LogP contribution < -0.4 is 10.2 Å². The molecule has 17 heavy (non-hydrogen) atoms. The molecule has 0 aliphatic carbocycles. The Bertz CT molecular complexity index is 492. The Balaban J connectivity index is 2.11. The SMILES string of the molecule is CNc1nccc(N(C)Cc2cnn(C)c2)n1. The molecule has 2 aromatic rings. The molecule has 0 aliphatic rings. The molecule has 0 saturated carbocycles. The largest absolute Gasteiger partial charge is 0.357 e. The van der Waals surface area contributed by atoms with E-state index >= 15 is 0 Å². The van der Waals surface area contributed by atoms with Crippen LogP contribution >= 0.6 is 0 Å². The second-order valence-electron chi connectivity index (χ2n) is 3.87. The molecule has 1 N–H and O–H groups in total. The molecule has 0 atom stereocenters. The highest BCUT2D eigenvalue weighted by molar-refractivity contribution is 5.41. The second-order valence-corrected chi connectivity index (χ2v) is 3.87. The first-order chi connectivity index (χ1) is 8.19. The van der Waals surface area contributed by atoms with Crippen molar-refractivity contribution < 1.29 is 0 Å². The first-order valence-corrected chi connectivity index (χ1v) is 5.38. The van der Waals surface area contributed by atoms with Crippen molar-refractivity contribution >= 4 is 11.8 Å². The molecule has 0 aromatic carbocycles. The molecule has 90 valence electrons. The zero-order valence-electron chi connectivity index (χ0n) is 10.3. The minimum absolute atomic E-state index is 0.625. The number of nitrogens with one attached hydrogen (secondary N) is 1. The lowest BCUT2D eigenvalue weighted by Gasteiger charge is -2.17. The van der Waals surface area contributed by atoms with Crippen molar-refractivity contribution in [1.82, 2.24) is 19.7 Å². The Morgan fingerprint density at radius 1 is 1.47 bits per heavy atom. The fourth-order valence-electron chi connectivity index (χ4n) is 1.59. The minimum Gasteiger partial charge on any atom is -0.357 e. The molecule has 0 bridgehead atoms. The van der Waals surface area contributed by atoms with E-state index in [1.54, 1.807) is 17.9 Å². The molecule has 2 rings (SSSR count). The fourth-order valence-corrected chi connectivity index (χ4v) is 1.59. The topological polar surface area (TPSA) is 58.9 Å². The Morgan fingerprint density at radius 2 is 2.29 bits per heavy atom. The zero-order chi connectivity index (χ0) is 12.3. The average molecular weight is 232 g/mol. The van der Waals surface area contributed by atoms with Crippen LogP contribution in [0.1, 0.15) is 5.56 Å². The number of aryl methyl sites for hydroxylation is 1. The van der Waals surface area contributed by atoms with Crippen molar-refractivity contribution in [3.05, 3.63) is 30.2 Å². The van der Waals surface area contributed by atoms with E-state index in [4.69, 9.17) is 0 Å². The summed E-state index contributed by atoms with van der Waals surface area (Å²) in [5.74, 6) is 1.51. The van der Waals surface area contributed by atoms with Gasteiger partial charge in [0.05, 0.1) is 6.20 Å². The summed E-state index contributed by atoms with van der Waals surface area (Å²) in [6, 6.07) is 1.89. The van der Waals surface area contributed by atoms with Crippen LogP contribution in [0, 0.1) is 0 Å². The van der Waals surface area contributed by atoms with E-state index in [-0.39, 0.29) is 0 Å². The summed E-state index contributed by atoms with van der Waals surface area (Å²) in [6.07, 6.45) is 5.60. The lowest BCUT2D eigenvalue weighted by molar-refractivity contribution is 0.766. The summed E-state index contributed by atoms with van der Waals surface area (Å²) in [4.78, 5) is 10.5. The first-order valence-electron chi connectivity index (χ1n) is 5.38. The van der Waals surface area contributed by atoms with E-state index < -0.39 is 0 Å². The highest BCUT2D eigenvalue weighted by atomic mass is 15.3. The van der Waals surface area contributed by atoms with Crippen molar-refractivity contribution in [2.75, 3.05) is 24.3 Å². The van der Waals surface area contributed by atoms with Gasteiger partial charge in [0.25, 0.3) is 0 Å². The monoisotopic (exact) mass is 232 g/mol. The molecule has 2 aromatic heterocycles. The summed E-state index contributed by atoms with van der Waals surface area (Å²) in [5.41, 5.74) is 1.15. The average Bonchev–Trinajstić information content (AvgIpc) is 2.75. The van der Waals surface area contributed by atoms with E-state index in [9.17, 15) is 0 Å². The smallest absolute Gasteiger partial charge is 0.224 e. The van der Waals surface area contributed by atoms with E-state index in [0.717, 1.165) is 17.9 Å². The molecule has 0 radical (unpaired) electrons. The Labute approximate surface area is 100 Å². The summed E-state index contributed by atoms with van der Waals surface area (Å²) in [7, 11) is 5.71. The van der Waals surface area contributed by atoms with Crippen LogP contribution in [-0.4, -0.2) is 33.8 Å². The maximum absolute atomic E-state index is 4.37. The van der Waals surface area contributed by atoms with Crippen LogP contribution in [0.3, 0.4) is 0 Å². The van der Waals surface area contributed by atoms with Gasteiger partial charge in [-0.25, -0.2) is 4.98 Å². The molecule has 0 unspecified atom stereocenters. The summed E-state index contributed by atoms with van der Waals surface area (Å²) >= 11 is 0. The van der Waals surface area contributed by atoms with Crippen LogP contribution in [0.15, 0.2) is 24.7 Å². The van der Waals surface area contributed by atoms with E-state index in [2.05, 4.69) is 25.3 Å². The Hall–Kier alpha value is -2.11. The quantitative estimate of drug-likeness (QED) is 0.848. The van der Waals surface area contributed by atoms with Gasteiger partial charge in [0.2, 0.25) is 5.95 Å². The fraction of sp³-hybridized carbons (Fsp3) is 0.364. The predicted octanol–water partition coefficient (Wildman–Crippen LogP) is 0.888. The third-order valence-corrected chi connectivity index (χ3v) is 2.43. The van der Waals surface area contributed by atoms with Gasteiger partial charge in [-0.05, 0) is 6.07 Å².